The van der Waals surface area contributed by atoms with Crippen molar-refractivity contribution in [3.63, 3.8) is 0 Å². The second kappa shape index (κ2) is 19.5. The number of carbonyl (C=O) groups excluding carboxylic acids is 1. The number of hydrogen-bond acceptors (Lipinski definition) is 5. The summed E-state index contributed by atoms with van der Waals surface area (Å²) >= 11 is 0. The number of hydrogen-bond donors (Lipinski definition) is 4. The van der Waals surface area contributed by atoms with Crippen molar-refractivity contribution >= 4 is 5.78 Å². The molecular weight excluding hydrogens is 364 g/mol. The fraction of sp³-hybridized carbons (Fsp3) is 0.958. The molecule has 0 amide bonds. The number of aliphatic hydroxyl groups excluding tert-OH is 1. The third kappa shape index (κ3) is 19.2. The molecule has 5 heteroatoms. The third-order valence-electron chi connectivity index (χ3n) is 5.83. The standard InChI is InChI=1S/C24H50N2O3/c1-2-3-18-21-24(25,26)22(27)19-16-14-12-10-8-6-4-5-7-9-11-13-15-17-20-23(28)29/h23,28-29H,2-21,25-26H2,1H3. The van der Waals surface area contributed by atoms with Gasteiger partial charge in [-0.1, -0.05) is 96.8 Å². The maximum absolute atomic E-state index is 12.1. The number of nitrogens with two attached hydrogens (primary N) is 2. The van der Waals surface area contributed by atoms with E-state index in [2.05, 4.69) is 6.92 Å². The van der Waals surface area contributed by atoms with Gasteiger partial charge in [-0.05, 0) is 32.1 Å². The van der Waals surface area contributed by atoms with Crippen LogP contribution in [-0.2, 0) is 4.79 Å². The highest BCUT2D eigenvalue weighted by Gasteiger charge is 2.27. The Bertz CT molecular complexity index is 373. The molecule has 0 saturated heterocycles. The molecule has 0 unspecified atom stereocenters. The lowest BCUT2D eigenvalue weighted by Crippen LogP contribution is -2.56. The molecule has 6 N–H and O–H groups in total. The zero-order chi connectivity index (χ0) is 21.8. The van der Waals surface area contributed by atoms with E-state index in [0.717, 1.165) is 44.9 Å². The van der Waals surface area contributed by atoms with Gasteiger partial charge >= 0.3 is 0 Å². The maximum atomic E-state index is 12.1. The average molecular weight is 415 g/mol. The molecule has 0 atom stereocenters. The van der Waals surface area contributed by atoms with E-state index in [-0.39, 0.29) is 5.78 Å². The molecule has 29 heavy (non-hydrogen) atoms. The first kappa shape index (κ1) is 28.5. The molecule has 0 bridgehead atoms. The maximum Gasteiger partial charge on any atom is 0.166 e. The van der Waals surface area contributed by atoms with Crippen molar-refractivity contribution in [1.82, 2.24) is 0 Å². The molecule has 0 spiro atoms. The van der Waals surface area contributed by atoms with Crippen molar-refractivity contribution in [2.24, 2.45) is 11.5 Å². The second-order valence-electron chi connectivity index (χ2n) is 8.89. The van der Waals surface area contributed by atoms with Gasteiger partial charge in [-0.2, -0.15) is 0 Å². The van der Waals surface area contributed by atoms with Gasteiger partial charge in [0.25, 0.3) is 0 Å². The fourth-order valence-corrected chi connectivity index (χ4v) is 3.77. The van der Waals surface area contributed by atoms with Crippen molar-refractivity contribution in [3.8, 4) is 0 Å². The van der Waals surface area contributed by atoms with E-state index in [1.54, 1.807) is 0 Å². The van der Waals surface area contributed by atoms with Crippen LogP contribution in [0, 0.1) is 0 Å². The highest BCUT2D eigenvalue weighted by atomic mass is 16.5. The molecule has 174 valence electrons. The molecule has 0 saturated carbocycles. The van der Waals surface area contributed by atoms with Gasteiger partial charge in [0.05, 0.1) is 0 Å². The van der Waals surface area contributed by atoms with E-state index in [0.29, 0.717) is 19.3 Å². The van der Waals surface area contributed by atoms with Crippen LogP contribution in [0.15, 0.2) is 0 Å². The quantitative estimate of drug-likeness (QED) is 0.142. The van der Waals surface area contributed by atoms with Crippen LogP contribution in [0.5, 0.6) is 0 Å². The lowest BCUT2D eigenvalue weighted by molar-refractivity contribution is -0.124. The Morgan fingerprint density at radius 2 is 1.10 bits per heavy atom. The molecule has 0 aliphatic carbocycles. The van der Waals surface area contributed by atoms with Gasteiger partial charge in [0.15, 0.2) is 12.1 Å². The molecule has 0 fully saturated rings. The van der Waals surface area contributed by atoms with Crippen molar-refractivity contribution in [2.45, 2.75) is 147 Å². The molecule has 0 heterocycles. The van der Waals surface area contributed by atoms with Crippen LogP contribution < -0.4 is 11.5 Å². The molecule has 0 aliphatic heterocycles. The molecule has 0 rings (SSSR count). The first-order chi connectivity index (χ1) is 13.9. The van der Waals surface area contributed by atoms with Crippen LogP contribution in [0.2, 0.25) is 0 Å². The Morgan fingerprint density at radius 1 is 0.690 bits per heavy atom. The Labute approximate surface area is 180 Å². The van der Waals surface area contributed by atoms with Gasteiger partial charge in [-0.25, -0.2) is 0 Å². The molecular formula is C24H50N2O3. The SMILES string of the molecule is CCCCCC(N)(N)C(=O)CCCCCCCCCCCCCCCCC(O)O. The predicted molar refractivity (Wildman–Crippen MR) is 122 cm³/mol. The van der Waals surface area contributed by atoms with Crippen LogP contribution in [0.1, 0.15) is 135 Å². The lowest BCUT2D eigenvalue weighted by atomic mass is 9.95. The summed E-state index contributed by atoms with van der Waals surface area (Å²) in [6.07, 6.45) is 20.5. The van der Waals surface area contributed by atoms with Crippen molar-refractivity contribution < 1.29 is 15.0 Å². The molecule has 0 aromatic carbocycles. The van der Waals surface area contributed by atoms with Crippen LogP contribution in [0.4, 0.5) is 0 Å². The zero-order valence-corrected chi connectivity index (χ0v) is 19.2. The minimum Gasteiger partial charge on any atom is -0.368 e. The summed E-state index contributed by atoms with van der Waals surface area (Å²) in [6.45, 7) is 2.13. The molecule has 0 radical (unpaired) electrons. The Hall–Kier alpha value is -0.490. The molecule has 0 aromatic rings. The summed E-state index contributed by atoms with van der Waals surface area (Å²) in [5.74, 6) is 0.0274. The fourth-order valence-electron chi connectivity index (χ4n) is 3.77. The molecule has 0 aromatic heterocycles. The van der Waals surface area contributed by atoms with Crippen LogP contribution in [0.25, 0.3) is 0 Å². The number of ketones is 1. The topological polar surface area (TPSA) is 110 Å². The number of aliphatic hydroxyl groups is 2. The van der Waals surface area contributed by atoms with Gasteiger partial charge in [0.2, 0.25) is 0 Å². The summed E-state index contributed by atoms with van der Waals surface area (Å²) in [5, 5.41) is 17.5. The van der Waals surface area contributed by atoms with Crippen LogP contribution in [0.3, 0.4) is 0 Å². The highest BCUT2D eigenvalue weighted by molar-refractivity contribution is 5.87. The monoisotopic (exact) mass is 414 g/mol. The Morgan fingerprint density at radius 3 is 1.52 bits per heavy atom. The van der Waals surface area contributed by atoms with Crippen molar-refractivity contribution in [3.05, 3.63) is 0 Å². The van der Waals surface area contributed by atoms with Gasteiger partial charge < -0.3 is 21.7 Å². The largest absolute Gasteiger partial charge is 0.368 e. The van der Waals surface area contributed by atoms with Gasteiger partial charge in [0, 0.05) is 6.42 Å². The van der Waals surface area contributed by atoms with Crippen molar-refractivity contribution in [2.75, 3.05) is 0 Å². The van der Waals surface area contributed by atoms with E-state index < -0.39 is 12.0 Å². The highest BCUT2D eigenvalue weighted by Crippen LogP contribution is 2.15. The predicted octanol–water partition coefficient (Wildman–Crippen LogP) is 5.30. The zero-order valence-electron chi connectivity index (χ0n) is 19.2. The van der Waals surface area contributed by atoms with E-state index in [1.807, 2.05) is 0 Å². The Kier molecular flexibility index (Phi) is 19.1. The summed E-state index contributed by atoms with van der Waals surface area (Å²) in [7, 11) is 0. The Balaban J connectivity index is 3.32. The number of Topliss-reactive ketones (excluding diaryl/α,β-unsaturated/α-hetero) is 1. The first-order valence-corrected chi connectivity index (χ1v) is 12.4. The van der Waals surface area contributed by atoms with E-state index in [9.17, 15) is 4.79 Å². The molecule has 0 aliphatic rings. The average Bonchev–Trinajstić information content (AvgIpc) is 2.67. The number of unbranched alkanes of at least 4 members (excludes halogenated alkanes) is 15. The summed E-state index contributed by atoms with van der Waals surface area (Å²) in [6, 6.07) is 0. The normalized spacial score (nSPS) is 12.1. The first-order valence-electron chi connectivity index (χ1n) is 12.4. The van der Waals surface area contributed by atoms with Crippen LogP contribution >= 0.6 is 0 Å². The summed E-state index contributed by atoms with van der Waals surface area (Å²) < 4.78 is 0. The van der Waals surface area contributed by atoms with Gasteiger partial charge in [0.1, 0.15) is 5.66 Å². The smallest absolute Gasteiger partial charge is 0.166 e. The van der Waals surface area contributed by atoms with E-state index in [1.165, 1.54) is 64.2 Å². The third-order valence-corrected chi connectivity index (χ3v) is 5.83. The molecule has 5 nitrogen and oxygen atoms in total. The van der Waals surface area contributed by atoms with Gasteiger partial charge in [-0.15, -0.1) is 0 Å². The minimum absolute atomic E-state index is 0.0274. The summed E-state index contributed by atoms with van der Waals surface area (Å²) in [4.78, 5) is 12.1. The second-order valence-corrected chi connectivity index (χ2v) is 8.89. The van der Waals surface area contributed by atoms with Crippen LogP contribution in [-0.4, -0.2) is 27.9 Å². The van der Waals surface area contributed by atoms with Crippen molar-refractivity contribution in [1.29, 1.82) is 0 Å². The van der Waals surface area contributed by atoms with Gasteiger partial charge in [-0.3, -0.25) is 4.79 Å². The number of rotatable bonds is 22. The van der Waals surface area contributed by atoms with E-state index >= 15 is 0 Å². The minimum atomic E-state index is -1.13. The van der Waals surface area contributed by atoms with E-state index in [4.69, 9.17) is 21.7 Å². The lowest BCUT2D eigenvalue weighted by Gasteiger charge is -2.22. The number of carbonyl (C=O) groups is 1. The summed E-state index contributed by atoms with van der Waals surface area (Å²) in [5.41, 5.74) is 10.9.